The van der Waals surface area contributed by atoms with Crippen molar-refractivity contribution in [3.8, 4) is 11.5 Å². The van der Waals surface area contributed by atoms with Crippen LogP contribution in [0.25, 0.3) is 0 Å². The van der Waals surface area contributed by atoms with Gasteiger partial charge in [-0.2, -0.15) is 10.1 Å². The van der Waals surface area contributed by atoms with Crippen molar-refractivity contribution in [2.45, 2.75) is 19.4 Å². The minimum Gasteiger partial charge on any atom is -0.493 e. The summed E-state index contributed by atoms with van der Waals surface area (Å²) >= 11 is 5.92. The number of fused-ring (bicyclic) bond motifs is 1. The van der Waals surface area contributed by atoms with Crippen molar-refractivity contribution in [2.75, 3.05) is 7.11 Å². The molecule has 2 fully saturated rings. The van der Waals surface area contributed by atoms with E-state index in [1.54, 1.807) is 19.2 Å². The van der Waals surface area contributed by atoms with Crippen LogP contribution in [0, 0.1) is 23.7 Å². The zero-order chi connectivity index (χ0) is 22.2. The number of carbonyl (C=O) groups is 2. The van der Waals surface area contributed by atoms with Gasteiger partial charge >= 0.3 is 0 Å². The molecule has 1 saturated carbocycles. The van der Waals surface area contributed by atoms with Crippen molar-refractivity contribution in [3.05, 3.63) is 70.8 Å². The van der Waals surface area contributed by atoms with E-state index in [0.717, 1.165) is 23.4 Å². The van der Waals surface area contributed by atoms with Gasteiger partial charge in [0.05, 0.1) is 25.2 Å². The van der Waals surface area contributed by atoms with Crippen LogP contribution in [-0.4, -0.2) is 30.1 Å². The molecule has 1 heterocycles. The molecule has 1 aliphatic heterocycles. The van der Waals surface area contributed by atoms with Crippen molar-refractivity contribution in [3.63, 3.8) is 0 Å². The van der Waals surface area contributed by atoms with Gasteiger partial charge in [-0.25, -0.2) is 0 Å². The number of methoxy groups -OCH3 is 1. The summed E-state index contributed by atoms with van der Waals surface area (Å²) in [6, 6.07) is 12.8. The van der Waals surface area contributed by atoms with Crippen molar-refractivity contribution in [1.82, 2.24) is 5.01 Å². The normalized spacial score (nSPS) is 26.1. The van der Waals surface area contributed by atoms with Crippen LogP contribution in [0.5, 0.6) is 11.5 Å². The molecule has 4 unspecified atom stereocenters. The first kappa shape index (κ1) is 20.8. The van der Waals surface area contributed by atoms with Gasteiger partial charge in [0, 0.05) is 5.02 Å². The lowest BCUT2D eigenvalue weighted by Crippen LogP contribution is -2.38. The third-order valence-corrected chi connectivity index (χ3v) is 6.81. The molecule has 4 atom stereocenters. The highest BCUT2D eigenvalue weighted by Gasteiger charge is 2.56. The first-order chi connectivity index (χ1) is 15.5. The molecular weight excluding hydrogens is 428 g/mol. The van der Waals surface area contributed by atoms with Crippen LogP contribution in [-0.2, 0) is 16.2 Å². The molecule has 32 heavy (non-hydrogen) atoms. The Labute approximate surface area is 191 Å². The third kappa shape index (κ3) is 3.69. The van der Waals surface area contributed by atoms with Crippen LogP contribution >= 0.6 is 11.6 Å². The number of ether oxygens (including phenoxy) is 2. The third-order valence-electron chi connectivity index (χ3n) is 6.55. The summed E-state index contributed by atoms with van der Waals surface area (Å²) in [4.78, 5) is 25.8. The zero-order valence-corrected chi connectivity index (χ0v) is 18.4. The molecule has 2 aromatic carbocycles. The predicted molar refractivity (Wildman–Crippen MR) is 121 cm³/mol. The highest BCUT2D eigenvalue weighted by molar-refractivity contribution is 6.30. The Morgan fingerprint density at radius 3 is 2.25 bits per heavy atom. The van der Waals surface area contributed by atoms with Gasteiger partial charge in [0.15, 0.2) is 11.5 Å². The Bertz CT molecular complexity index is 1080. The number of carbonyl (C=O) groups excluding carboxylic acids is 2. The monoisotopic (exact) mass is 450 g/mol. The number of benzene rings is 2. The molecule has 4 aliphatic rings. The molecule has 1 saturated heterocycles. The minimum absolute atomic E-state index is 0.152. The molecule has 2 aromatic rings. The molecule has 2 amide bonds. The molecule has 3 aliphatic carbocycles. The lowest BCUT2D eigenvalue weighted by molar-refractivity contribution is -0.140. The lowest BCUT2D eigenvalue weighted by Gasteiger charge is -2.37. The molecule has 164 valence electrons. The lowest BCUT2D eigenvalue weighted by atomic mass is 9.63. The zero-order valence-electron chi connectivity index (χ0n) is 17.6. The number of allylic oxidation sites excluding steroid dienone is 2. The topological polar surface area (TPSA) is 68.2 Å². The summed E-state index contributed by atoms with van der Waals surface area (Å²) < 4.78 is 11.3. The van der Waals surface area contributed by atoms with E-state index >= 15 is 0 Å². The quantitative estimate of drug-likeness (QED) is 0.370. The second kappa shape index (κ2) is 8.43. The van der Waals surface area contributed by atoms with Crippen LogP contribution in [0.2, 0.25) is 5.02 Å². The number of halogens is 1. The van der Waals surface area contributed by atoms with Gasteiger partial charge in [0.1, 0.15) is 6.61 Å². The fourth-order valence-corrected chi connectivity index (χ4v) is 5.05. The number of hydrogen-bond acceptors (Lipinski definition) is 5. The Morgan fingerprint density at radius 1 is 1.00 bits per heavy atom. The van der Waals surface area contributed by atoms with Crippen molar-refractivity contribution in [2.24, 2.45) is 28.8 Å². The number of hydrazone groups is 1. The first-order valence-electron chi connectivity index (χ1n) is 10.7. The van der Waals surface area contributed by atoms with E-state index in [2.05, 4.69) is 17.3 Å². The molecular formula is C25H23ClN2O4. The Balaban J connectivity index is 1.30. The van der Waals surface area contributed by atoms with Crippen LogP contribution in [0.4, 0.5) is 0 Å². The second-order valence-electron chi connectivity index (χ2n) is 8.40. The van der Waals surface area contributed by atoms with E-state index in [0.29, 0.717) is 28.7 Å². The maximum absolute atomic E-state index is 12.9. The van der Waals surface area contributed by atoms with Gasteiger partial charge in [0.25, 0.3) is 11.8 Å². The van der Waals surface area contributed by atoms with E-state index in [1.165, 1.54) is 6.21 Å². The average molecular weight is 451 g/mol. The van der Waals surface area contributed by atoms with Gasteiger partial charge < -0.3 is 9.47 Å². The fourth-order valence-electron chi connectivity index (χ4n) is 4.92. The van der Waals surface area contributed by atoms with E-state index in [1.807, 2.05) is 30.3 Å². The summed E-state index contributed by atoms with van der Waals surface area (Å²) in [6.07, 6.45) is 7.65. The smallest absolute Gasteiger partial charge is 0.254 e. The van der Waals surface area contributed by atoms with Gasteiger partial charge in [-0.1, -0.05) is 35.9 Å². The Kier molecular flexibility index (Phi) is 5.47. The van der Waals surface area contributed by atoms with E-state index < -0.39 is 0 Å². The van der Waals surface area contributed by atoms with Crippen LogP contribution in [0.1, 0.15) is 24.0 Å². The van der Waals surface area contributed by atoms with Gasteiger partial charge in [-0.3, -0.25) is 9.59 Å². The Morgan fingerprint density at radius 2 is 1.66 bits per heavy atom. The maximum Gasteiger partial charge on any atom is 0.254 e. The molecule has 6 nitrogen and oxygen atoms in total. The van der Waals surface area contributed by atoms with Gasteiger partial charge in [-0.15, -0.1) is 0 Å². The molecule has 7 heteroatoms. The summed E-state index contributed by atoms with van der Waals surface area (Å²) in [5.41, 5.74) is 1.69. The second-order valence-corrected chi connectivity index (χ2v) is 8.84. The largest absolute Gasteiger partial charge is 0.493 e. The number of hydrogen-bond donors (Lipinski definition) is 0. The standard InChI is InChI=1S/C25H23ClN2O4/c1-31-21-12-16(4-11-20(21)32-14-15-2-9-19(26)10-3-15)13-27-28-24(29)22-17-5-6-18(8-7-17)23(22)25(28)30/h2-6,9-13,17-18,22-23H,7-8,14H2,1H3. The van der Waals surface area contributed by atoms with Crippen molar-refractivity contribution < 1.29 is 19.1 Å². The van der Waals surface area contributed by atoms with Crippen molar-refractivity contribution in [1.29, 1.82) is 0 Å². The fraction of sp³-hybridized carbons (Fsp3) is 0.320. The molecule has 0 spiro atoms. The van der Waals surface area contributed by atoms with E-state index in [-0.39, 0.29) is 35.5 Å². The van der Waals surface area contributed by atoms with E-state index in [9.17, 15) is 9.59 Å². The summed E-state index contributed by atoms with van der Waals surface area (Å²) in [7, 11) is 1.56. The molecule has 2 bridgehead atoms. The molecule has 0 aromatic heterocycles. The highest BCUT2D eigenvalue weighted by atomic mass is 35.5. The molecule has 6 rings (SSSR count). The number of rotatable bonds is 6. The number of amides is 2. The first-order valence-corrected chi connectivity index (χ1v) is 11.1. The van der Waals surface area contributed by atoms with Crippen LogP contribution in [0.3, 0.4) is 0 Å². The SMILES string of the molecule is COc1cc(C=NN2C(=O)C3C4C=CC(CC4)C3C2=O)ccc1OCc1ccc(Cl)cc1. The van der Waals surface area contributed by atoms with Gasteiger partial charge in [0.2, 0.25) is 0 Å². The number of nitrogens with zero attached hydrogens (tertiary/aromatic N) is 2. The highest BCUT2D eigenvalue weighted by Crippen LogP contribution is 2.49. The van der Waals surface area contributed by atoms with Crippen LogP contribution in [0.15, 0.2) is 59.7 Å². The Hall–Kier alpha value is -3.12. The number of imide groups is 1. The minimum atomic E-state index is -0.262. The van der Waals surface area contributed by atoms with E-state index in [4.69, 9.17) is 21.1 Å². The van der Waals surface area contributed by atoms with Gasteiger partial charge in [-0.05, 0) is 66.1 Å². The van der Waals surface area contributed by atoms with Crippen LogP contribution < -0.4 is 9.47 Å². The molecule has 0 radical (unpaired) electrons. The summed E-state index contributed by atoms with van der Waals surface area (Å²) in [5.74, 6) is 0.524. The average Bonchev–Trinajstić information content (AvgIpc) is 3.10. The maximum atomic E-state index is 12.9. The summed E-state index contributed by atoms with van der Waals surface area (Å²) in [6.45, 7) is 0.372. The molecule has 0 N–H and O–H groups in total. The predicted octanol–water partition coefficient (Wildman–Crippen LogP) is 4.46. The summed E-state index contributed by atoms with van der Waals surface area (Å²) in [5, 5.41) is 5.99. The van der Waals surface area contributed by atoms with Crippen molar-refractivity contribution >= 4 is 29.6 Å².